The first-order chi connectivity index (χ1) is 5.90. The number of hydrogen-bond donors (Lipinski definition) is 0. The van der Waals surface area contributed by atoms with Gasteiger partial charge >= 0.3 is 0 Å². The summed E-state index contributed by atoms with van der Waals surface area (Å²) in [6, 6.07) is 4.93. The van der Waals surface area contributed by atoms with Crippen molar-refractivity contribution in [3.05, 3.63) is 33.7 Å². The Kier molecular flexibility index (Phi) is 3.37. The normalized spacial score (nSPS) is 11.7. The highest BCUT2D eigenvalue weighted by Gasteiger charge is 2.18. The monoisotopic (exact) mass is 279 g/mol. The van der Waals surface area contributed by atoms with Gasteiger partial charge in [-0.2, -0.15) is 0 Å². The van der Waals surface area contributed by atoms with Crippen LogP contribution in [0, 0.1) is 0 Å². The van der Waals surface area contributed by atoms with Gasteiger partial charge in [-0.3, -0.25) is 4.79 Å². The molecule has 0 unspecified atom stereocenters. The molecule has 0 radical (unpaired) electrons. The van der Waals surface area contributed by atoms with Crippen molar-refractivity contribution in [2.45, 2.75) is 19.3 Å². The fraction of sp³-hybridized carbons (Fsp3) is 0.375. The first-order valence-corrected chi connectivity index (χ1v) is 9.79. The van der Waals surface area contributed by atoms with Crippen molar-refractivity contribution in [3.8, 4) is 0 Å². The van der Waals surface area contributed by atoms with Gasteiger partial charge in [-0.1, -0.05) is 30.8 Å². The molecule has 1 rings (SSSR count). The van der Waals surface area contributed by atoms with E-state index in [4.69, 9.17) is 11.6 Å². The zero-order valence-corrected chi connectivity index (χ0v) is 10.9. The lowest BCUT2D eigenvalue weighted by Gasteiger charge is -2.16. The van der Waals surface area contributed by atoms with Crippen LogP contribution < -0.4 is 5.56 Å². The van der Waals surface area contributed by atoms with Gasteiger partial charge in [0.2, 0.25) is 0 Å². The van der Waals surface area contributed by atoms with E-state index in [1.165, 1.54) is 6.07 Å². The Morgan fingerprint density at radius 3 is 2.62 bits per heavy atom. The number of nitrogens with zero attached hydrogens (tertiary/aromatic N) is 1. The fourth-order valence-corrected chi connectivity index (χ4v) is 3.17. The molecule has 0 aliphatic rings. The Balaban J connectivity index is 3.08. The van der Waals surface area contributed by atoms with Crippen LogP contribution in [0.5, 0.6) is 0 Å². The highest BCUT2D eigenvalue weighted by atomic mass is 79.9. The summed E-state index contributed by atoms with van der Waals surface area (Å²) in [5.41, 5.74) is -0.0347. The summed E-state index contributed by atoms with van der Waals surface area (Å²) in [4.78, 5) is 11.4. The van der Waals surface area contributed by atoms with Gasteiger partial charge < -0.3 is 4.57 Å². The standard InChI is InChI=1S/C8H11BrClNOSi/c1-13(2,9)6-11-7(10)4-3-5-8(11)12/h3-5H,6H2,1-2H3. The van der Waals surface area contributed by atoms with Crippen LogP contribution >= 0.6 is 26.9 Å². The quantitative estimate of drug-likeness (QED) is 0.464. The van der Waals surface area contributed by atoms with Crippen molar-refractivity contribution in [1.82, 2.24) is 4.57 Å². The van der Waals surface area contributed by atoms with Crippen LogP contribution in [0.15, 0.2) is 23.0 Å². The largest absolute Gasteiger partial charge is 0.301 e. The lowest BCUT2D eigenvalue weighted by atomic mass is 10.5. The molecule has 0 aliphatic carbocycles. The third-order valence-electron chi connectivity index (χ3n) is 1.53. The Labute approximate surface area is 91.1 Å². The molecule has 0 N–H and O–H groups in total. The van der Waals surface area contributed by atoms with Gasteiger partial charge in [-0.25, -0.2) is 0 Å². The van der Waals surface area contributed by atoms with Crippen molar-refractivity contribution in [2.24, 2.45) is 0 Å². The number of rotatable bonds is 2. The molecule has 0 amide bonds. The minimum atomic E-state index is -1.47. The summed E-state index contributed by atoms with van der Waals surface area (Å²) < 4.78 is 1.60. The maximum Gasteiger partial charge on any atom is 0.251 e. The van der Waals surface area contributed by atoms with Gasteiger partial charge in [-0.05, 0) is 6.07 Å². The average Bonchev–Trinajstić information content (AvgIpc) is 1.95. The summed E-state index contributed by atoms with van der Waals surface area (Å²) in [6.45, 7) is 2.79. The molecule has 0 saturated heterocycles. The minimum Gasteiger partial charge on any atom is -0.301 e. The van der Waals surface area contributed by atoms with Crippen LogP contribution in [-0.4, -0.2) is 11.3 Å². The summed E-state index contributed by atoms with van der Waals surface area (Å²) >= 11 is 9.50. The van der Waals surface area contributed by atoms with Crippen LogP contribution in [0.1, 0.15) is 0 Å². The summed E-state index contributed by atoms with van der Waals surface area (Å²) in [6.07, 6.45) is 0.700. The molecular formula is C8H11BrClNOSi. The Hall–Kier alpha value is -0.0631. The van der Waals surface area contributed by atoms with E-state index in [1.54, 1.807) is 16.7 Å². The molecule has 1 heterocycles. The zero-order chi connectivity index (χ0) is 10.1. The second kappa shape index (κ2) is 3.98. The molecule has 13 heavy (non-hydrogen) atoms. The van der Waals surface area contributed by atoms with Crippen LogP contribution in [0.3, 0.4) is 0 Å². The van der Waals surface area contributed by atoms with Crippen LogP contribution in [0.25, 0.3) is 0 Å². The minimum absolute atomic E-state index is 0.0347. The van der Waals surface area contributed by atoms with E-state index in [2.05, 4.69) is 28.4 Å². The SMILES string of the molecule is C[Si](C)(Br)Cn1c(Cl)cccc1=O. The molecule has 0 spiro atoms. The molecule has 0 aromatic carbocycles. The summed E-state index contributed by atoms with van der Waals surface area (Å²) in [5, 5.41) is 0.507. The van der Waals surface area contributed by atoms with E-state index in [-0.39, 0.29) is 5.56 Å². The molecule has 72 valence electrons. The average molecular weight is 281 g/mol. The van der Waals surface area contributed by atoms with Crippen LogP contribution in [-0.2, 0) is 6.17 Å². The lowest BCUT2D eigenvalue weighted by molar-refractivity contribution is 0.816. The lowest BCUT2D eigenvalue weighted by Crippen LogP contribution is -2.31. The zero-order valence-electron chi connectivity index (χ0n) is 7.55. The van der Waals surface area contributed by atoms with E-state index in [9.17, 15) is 4.79 Å². The highest BCUT2D eigenvalue weighted by molar-refractivity contribution is 9.26. The molecule has 2 nitrogen and oxygen atoms in total. The summed E-state index contributed by atoms with van der Waals surface area (Å²) in [5.74, 6) is 0. The number of halogens is 2. The van der Waals surface area contributed by atoms with Crippen LogP contribution in [0.4, 0.5) is 0 Å². The molecule has 0 bridgehead atoms. The molecule has 0 aliphatic heterocycles. The third kappa shape index (κ3) is 3.29. The Bertz CT molecular complexity index is 358. The number of aromatic nitrogens is 1. The van der Waals surface area contributed by atoms with Crippen molar-refractivity contribution < 1.29 is 0 Å². The predicted octanol–water partition coefficient (Wildman–Crippen LogP) is 2.64. The number of hydrogen-bond acceptors (Lipinski definition) is 1. The topological polar surface area (TPSA) is 22.0 Å². The molecule has 5 heteroatoms. The van der Waals surface area contributed by atoms with Gasteiger partial charge in [0.25, 0.3) is 5.56 Å². The highest BCUT2D eigenvalue weighted by Crippen LogP contribution is 2.15. The van der Waals surface area contributed by atoms with Gasteiger partial charge in [-0.15, -0.1) is 15.3 Å². The van der Waals surface area contributed by atoms with Gasteiger partial charge in [0.1, 0.15) is 11.8 Å². The molecular weight excluding hydrogens is 270 g/mol. The van der Waals surface area contributed by atoms with E-state index < -0.39 is 6.69 Å². The van der Waals surface area contributed by atoms with Crippen molar-refractivity contribution >= 4 is 33.6 Å². The van der Waals surface area contributed by atoms with Gasteiger partial charge in [0.05, 0.1) is 0 Å². The molecule has 1 aromatic heterocycles. The van der Waals surface area contributed by atoms with Crippen molar-refractivity contribution in [3.63, 3.8) is 0 Å². The Morgan fingerprint density at radius 2 is 2.15 bits per heavy atom. The van der Waals surface area contributed by atoms with E-state index in [1.807, 2.05) is 0 Å². The van der Waals surface area contributed by atoms with E-state index >= 15 is 0 Å². The Morgan fingerprint density at radius 1 is 1.54 bits per heavy atom. The molecule has 0 atom stereocenters. The second-order valence-corrected chi connectivity index (χ2v) is 14.1. The smallest absolute Gasteiger partial charge is 0.251 e. The second-order valence-electron chi connectivity index (χ2n) is 3.49. The maximum atomic E-state index is 11.4. The fourth-order valence-electron chi connectivity index (χ4n) is 1.02. The first kappa shape index (κ1) is 11.0. The number of pyridine rings is 1. The maximum absolute atomic E-state index is 11.4. The molecule has 1 aromatic rings. The van der Waals surface area contributed by atoms with Gasteiger partial charge in [0.15, 0.2) is 0 Å². The van der Waals surface area contributed by atoms with E-state index in [0.29, 0.717) is 11.3 Å². The molecule has 0 saturated carbocycles. The van der Waals surface area contributed by atoms with Gasteiger partial charge in [0, 0.05) is 12.2 Å². The van der Waals surface area contributed by atoms with E-state index in [0.717, 1.165) is 0 Å². The van der Waals surface area contributed by atoms with Crippen molar-refractivity contribution in [2.75, 3.05) is 0 Å². The van der Waals surface area contributed by atoms with Crippen LogP contribution in [0.2, 0.25) is 18.2 Å². The molecule has 0 fully saturated rings. The van der Waals surface area contributed by atoms with Crippen molar-refractivity contribution in [1.29, 1.82) is 0 Å². The third-order valence-corrected chi connectivity index (χ3v) is 3.68. The summed E-state index contributed by atoms with van der Waals surface area (Å²) in [7, 11) is 0. The first-order valence-electron chi connectivity index (χ1n) is 3.94. The predicted molar refractivity (Wildman–Crippen MR) is 62.1 cm³/mol.